The van der Waals surface area contributed by atoms with Crippen molar-refractivity contribution in [2.45, 2.75) is 0 Å². The second-order valence-electron chi connectivity index (χ2n) is 6.36. The average molecular weight is 781 g/mol. The van der Waals surface area contributed by atoms with Crippen LogP contribution >= 0.6 is 0 Å². The molecule has 0 aliphatic carbocycles. The summed E-state index contributed by atoms with van der Waals surface area (Å²) < 4.78 is 0. The van der Waals surface area contributed by atoms with Gasteiger partial charge in [0.15, 0.2) is 0 Å². The zero-order valence-corrected chi connectivity index (χ0v) is 25.2. The van der Waals surface area contributed by atoms with Gasteiger partial charge in [0.2, 0.25) is 0 Å². The first kappa shape index (κ1) is 37.3. The molecule has 3 aromatic rings. The molecule has 14 heteroatoms. The standard InChI is InChI=1S/3C8H6O4.2Nd/c3*9-7(10)5-3-1-2-4-6(5)8(11)12;;/h3*1-4H,(H,9,10)(H,11,12);;/q;;;2*+3/p-6. The molecule has 0 fully saturated rings. The van der Waals surface area contributed by atoms with E-state index in [9.17, 15) is 59.4 Å². The van der Waals surface area contributed by atoms with E-state index in [1.54, 1.807) is 0 Å². The van der Waals surface area contributed by atoms with Crippen molar-refractivity contribution in [1.82, 2.24) is 0 Å². The molecule has 0 N–H and O–H groups in total. The molecule has 3 rings (SSSR count). The minimum absolute atomic E-state index is 0. The van der Waals surface area contributed by atoms with Crippen molar-refractivity contribution in [1.29, 1.82) is 0 Å². The monoisotopic (exact) mass is 776 g/mol. The van der Waals surface area contributed by atoms with E-state index in [2.05, 4.69) is 0 Å². The number of hydrogen-bond donors (Lipinski definition) is 0. The van der Waals surface area contributed by atoms with Crippen LogP contribution in [0.4, 0.5) is 0 Å². The molecule has 38 heavy (non-hydrogen) atoms. The van der Waals surface area contributed by atoms with E-state index >= 15 is 0 Å². The summed E-state index contributed by atoms with van der Waals surface area (Å²) in [6.45, 7) is 0. The second-order valence-corrected chi connectivity index (χ2v) is 6.36. The molecule has 188 valence electrons. The van der Waals surface area contributed by atoms with Crippen LogP contribution in [0.3, 0.4) is 0 Å². The number of carboxylic acids is 6. The summed E-state index contributed by atoms with van der Waals surface area (Å²) in [5, 5.41) is 61.9. The first-order chi connectivity index (χ1) is 16.9. The van der Waals surface area contributed by atoms with E-state index in [4.69, 9.17) is 0 Å². The Morgan fingerprint density at radius 2 is 0.421 bits per heavy atom. The predicted octanol–water partition coefficient (Wildman–Crippen LogP) is -4.76. The Bertz CT molecular complexity index is 1060. The number of rotatable bonds is 6. The second kappa shape index (κ2) is 18.4. The van der Waals surface area contributed by atoms with Crippen LogP contribution in [0.15, 0.2) is 72.8 Å². The Morgan fingerprint density at radius 1 is 0.316 bits per heavy atom. The topological polar surface area (TPSA) is 241 Å². The summed E-state index contributed by atoms with van der Waals surface area (Å²) in [7, 11) is 0. The first-order valence-corrected chi connectivity index (χ1v) is 9.43. The first-order valence-electron chi connectivity index (χ1n) is 9.43. The van der Waals surface area contributed by atoms with Crippen LogP contribution in [0.5, 0.6) is 0 Å². The third kappa shape index (κ3) is 11.7. The number of hydrogen-bond acceptors (Lipinski definition) is 12. The van der Waals surface area contributed by atoms with Crippen molar-refractivity contribution in [3.63, 3.8) is 0 Å². The van der Waals surface area contributed by atoms with Crippen molar-refractivity contribution in [2.75, 3.05) is 0 Å². The molecular formula is C24H12Nd2O12. The van der Waals surface area contributed by atoms with Gasteiger partial charge in [-0.05, 0) is 0 Å². The molecule has 0 amide bonds. The third-order valence-electron chi connectivity index (χ3n) is 4.10. The molecule has 12 nitrogen and oxygen atoms in total. The molecule has 0 aliphatic heterocycles. The van der Waals surface area contributed by atoms with Crippen molar-refractivity contribution in [3.05, 3.63) is 106 Å². The Morgan fingerprint density at radius 3 is 0.500 bits per heavy atom. The summed E-state index contributed by atoms with van der Waals surface area (Å²) >= 11 is 0. The fourth-order valence-electron chi connectivity index (χ4n) is 2.52. The molecule has 0 heterocycles. The van der Waals surface area contributed by atoms with E-state index < -0.39 is 35.8 Å². The smallest absolute Gasteiger partial charge is 0.545 e. The van der Waals surface area contributed by atoms with Gasteiger partial charge in [0.1, 0.15) is 0 Å². The third-order valence-corrected chi connectivity index (χ3v) is 4.10. The van der Waals surface area contributed by atoms with Gasteiger partial charge in [-0.15, -0.1) is 0 Å². The van der Waals surface area contributed by atoms with Crippen LogP contribution < -0.4 is 30.6 Å². The molecule has 0 saturated heterocycles. The van der Waals surface area contributed by atoms with E-state index in [0.717, 1.165) is 36.4 Å². The SMILES string of the molecule is O=C([O-])c1ccccc1C(=O)[O-].O=C([O-])c1ccccc1C(=O)[O-].O=C([O-])c1ccccc1C(=O)[O-].[Nd+3].[Nd+3]. The molecule has 2 radical (unpaired) electrons. The molecule has 0 spiro atoms. The average Bonchev–Trinajstić information content (AvgIpc) is 2.84. The summed E-state index contributed by atoms with van der Waals surface area (Å²) in [6.07, 6.45) is 0. The van der Waals surface area contributed by atoms with E-state index in [1.807, 2.05) is 0 Å². The normalized spacial score (nSPS) is 8.84. The van der Waals surface area contributed by atoms with Crippen molar-refractivity contribution < 1.29 is 141 Å². The number of benzene rings is 3. The molecule has 3 aromatic carbocycles. The molecule has 0 atom stereocenters. The molecule has 0 bridgehead atoms. The van der Waals surface area contributed by atoms with Crippen molar-refractivity contribution in [3.8, 4) is 0 Å². The van der Waals surface area contributed by atoms with Gasteiger partial charge in [-0.25, -0.2) is 0 Å². The number of carbonyl (C=O) groups is 6. The van der Waals surface area contributed by atoms with Crippen molar-refractivity contribution >= 4 is 35.8 Å². The minimum atomic E-state index is -1.52. The predicted molar refractivity (Wildman–Crippen MR) is 105 cm³/mol. The largest absolute Gasteiger partial charge is 3.00 e. The van der Waals surface area contributed by atoms with Gasteiger partial charge in [-0.3, -0.25) is 0 Å². The Hall–Kier alpha value is -2.82. The fraction of sp³-hybridized carbons (Fsp3) is 0. The molecule has 0 saturated carbocycles. The summed E-state index contributed by atoms with van der Waals surface area (Å²) in [6, 6.07) is 15.4. The van der Waals surface area contributed by atoms with Gasteiger partial charge >= 0.3 is 81.7 Å². The molecule has 0 aliphatic rings. The van der Waals surface area contributed by atoms with Crippen LogP contribution in [0.25, 0.3) is 0 Å². The van der Waals surface area contributed by atoms with Gasteiger partial charge in [0.05, 0.1) is 35.8 Å². The van der Waals surface area contributed by atoms with Gasteiger partial charge in [-0.1, -0.05) is 72.8 Å². The Labute approximate surface area is 280 Å². The maximum Gasteiger partial charge on any atom is 3.00 e. The maximum atomic E-state index is 10.3. The molecule has 0 unspecified atom stereocenters. The molecular weight excluding hydrogens is 769 g/mol. The van der Waals surface area contributed by atoms with E-state index in [0.29, 0.717) is 0 Å². The maximum absolute atomic E-state index is 10.3. The summed E-state index contributed by atoms with van der Waals surface area (Å²) in [5.74, 6) is -9.11. The van der Waals surface area contributed by atoms with Crippen LogP contribution in [0, 0.1) is 81.7 Å². The van der Waals surface area contributed by atoms with E-state index in [1.165, 1.54) is 36.4 Å². The van der Waals surface area contributed by atoms with Gasteiger partial charge in [0.25, 0.3) is 0 Å². The minimum Gasteiger partial charge on any atom is -0.545 e. The number of carboxylic acid groups (broad SMARTS) is 6. The van der Waals surface area contributed by atoms with Crippen LogP contribution in [0.1, 0.15) is 62.1 Å². The Kier molecular flexibility index (Phi) is 18.1. The number of aromatic carboxylic acids is 6. The number of carbonyl (C=O) groups excluding carboxylic acids is 6. The zero-order chi connectivity index (χ0) is 27.4. The van der Waals surface area contributed by atoms with Gasteiger partial charge < -0.3 is 59.4 Å². The van der Waals surface area contributed by atoms with Crippen LogP contribution in [-0.2, 0) is 0 Å². The Balaban J connectivity index is 0. The van der Waals surface area contributed by atoms with Gasteiger partial charge in [0, 0.05) is 33.4 Å². The molecule has 0 aromatic heterocycles. The quantitative estimate of drug-likeness (QED) is 0.229. The van der Waals surface area contributed by atoms with Gasteiger partial charge in [-0.2, -0.15) is 0 Å². The summed E-state index contributed by atoms with van der Waals surface area (Å²) in [4.78, 5) is 61.9. The fourth-order valence-corrected chi connectivity index (χ4v) is 2.52. The van der Waals surface area contributed by atoms with Crippen LogP contribution in [0.2, 0.25) is 0 Å². The zero-order valence-electron chi connectivity index (χ0n) is 18.8. The van der Waals surface area contributed by atoms with Crippen molar-refractivity contribution in [2.24, 2.45) is 0 Å². The van der Waals surface area contributed by atoms with Crippen LogP contribution in [-0.4, -0.2) is 35.8 Å². The van der Waals surface area contributed by atoms with E-state index in [-0.39, 0.29) is 115 Å². The summed E-state index contributed by atoms with van der Waals surface area (Å²) in [5.41, 5.74) is -2.18.